The Morgan fingerprint density at radius 1 is 1.00 bits per heavy atom. The molecule has 2 aromatic rings. The van der Waals surface area contributed by atoms with Crippen molar-refractivity contribution in [3.63, 3.8) is 0 Å². The van der Waals surface area contributed by atoms with Crippen molar-refractivity contribution in [2.45, 2.75) is 13.0 Å². The molecule has 0 spiro atoms. The van der Waals surface area contributed by atoms with Crippen LogP contribution in [0.3, 0.4) is 0 Å². The molecule has 0 aliphatic heterocycles. The molecule has 140 valence electrons. The molecule has 0 amide bonds. The Morgan fingerprint density at radius 3 is 2.04 bits per heavy atom. The topological polar surface area (TPSA) is 73.9 Å². The van der Waals surface area contributed by atoms with E-state index >= 15 is 0 Å². The number of anilines is 1. The zero-order chi connectivity index (χ0) is 19.0. The van der Waals surface area contributed by atoms with E-state index in [1.54, 1.807) is 0 Å². The molecule has 26 heavy (non-hydrogen) atoms. The van der Waals surface area contributed by atoms with Gasteiger partial charge in [0, 0.05) is 12.7 Å². The van der Waals surface area contributed by atoms with Crippen molar-refractivity contribution in [2.75, 3.05) is 25.4 Å². The van der Waals surface area contributed by atoms with Crippen LogP contribution < -0.4 is 5.32 Å². The highest BCUT2D eigenvalue weighted by Crippen LogP contribution is 2.19. The first kappa shape index (κ1) is 20.1. The molecule has 0 bridgehead atoms. The molecule has 7 heteroatoms. The first-order valence-corrected chi connectivity index (χ1v) is 9.87. The average molecular weight is 377 g/mol. The Kier molecular flexibility index (Phi) is 7.35. The van der Waals surface area contributed by atoms with Crippen LogP contribution in [0.15, 0.2) is 48.5 Å². The quantitative estimate of drug-likeness (QED) is 0.235. The molecular formula is C19H23NO5S. The van der Waals surface area contributed by atoms with Crippen LogP contribution in [0.4, 0.5) is 5.69 Å². The second-order valence-electron chi connectivity index (χ2n) is 5.69. The van der Waals surface area contributed by atoms with Crippen LogP contribution in [0.25, 0.3) is 12.2 Å². The Bertz CT molecular complexity index is 814. The van der Waals surface area contributed by atoms with Gasteiger partial charge in [-0.3, -0.25) is 0 Å². The number of hydrogen-bond donors (Lipinski definition) is 1. The fraction of sp³-hybridized carbons (Fsp3) is 0.263. The normalized spacial score (nSPS) is 13.0. The molecule has 0 aliphatic carbocycles. The van der Waals surface area contributed by atoms with Crippen molar-refractivity contribution < 1.29 is 22.4 Å². The fourth-order valence-electron chi connectivity index (χ4n) is 2.16. The van der Waals surface area contributed by atoms with Gasteiger partial charge in [-0.25, -0.2) is 0 Å². The predicted octanol–water partition coefficient (Wildman–Crippen LogP) is 3.84. The lowest BCUT2D eigenvalue weighted by molar-refractivity contribution is -0.271. The number of rotatable bonds is 9. The van der Waals surface area contributed by atoms with Gasteiger partial charge in [-0.1, -0.05) is 48.6 Å². The standard InChI is InChI=1S/C19H23NO5S/c1-15(23-14-24-25-26(3,21)22)18-10-6-16(7-11-18)4-5-17-8-12-19(20-2)13-9-17/h4-13,15,20H,14H2,1-3H3/b5-4+. The van der Waals surface area contributed by atoms with Crippen molar-refractivity contribution >= 4 is 28.0 Å². The van der Waals surface area contributed by atoms with Gasteiger partial charge in [0.25, 0.3) is 10.1 Å². The molecular weight excluding hydrogens is 354 g/mol. The van der Waals surface area contributed by atoms with Gasteiger partial charge in [0.1, 0.15) is 0 Å². The summed E-state index contributed by atoms with van der Waals surface area (Å²) in [5, 5.41) is 3.09. The van der Waals surface area contributed by atoms with E-state index in [9.17, 15) is 8.42 Å². The van der Waals surface area contributed by atoms with Crippen molar-refractivity contribution in [3.05, 3.63) is 65.2 Å². The third-order valence-electron chi connectivity index (χ3n) is 3.61. The summed E-state index contributed by atoms with van der Waals surface area (Å²) in [5.74, 6) is 0. The Labute approximate surface area is 154 Å². The van der Waals surface area contributed by atoms with E-state index in [4.69, 9.17) is 4.74 Å². The summed E-state index contributed by atoms with van der Waals surface area (Å²) in [5.41, 5.74) is 4.21. The number of benzene rings is 2. The van der Waals surface area contributed by atoms with Gasteiger partial charge in [0.2, 0.25) is 0 Å². The lowest BCUT2D eigenvalue weighted by atomic mass is 10.1. The summed E-state index contributed by atoms with van der Waals surface area (Å²) in [6.45, 7) is 1.57. The van der Waals surface area contributed by atoms with Crippen LogP contribution in [0.1, 0.15) is 29.7 Å². The lowest BCUT2D eigenvalue weighted by Crippen LogP contribution is -2.09. The molecule has 0 aromatic heterocycles. The molecule has 0 saturated carbocycles. The van der Waals surface area contributed by atoms with Gasteiger partial charge >= 0.3 is 0 Å². The maximum absolute atomic E-state index is 10.8. The molecule has 1 N–H and O–H groups in total. The summed E-state index contributed by atoms with van der Waals surface area (Å²) in [7, 11) is -1.75. The molecule has 1 unspecified atom stereocenters. The van der Waals surface area contributed by atoms with E-state index in [-0.39, 0.29) is 12.9 Å². The maximum Gasteiger partial charge on any atom is 0.290 e. The van der Waals surface area contributed by atoms with E-state index in [1.807, 2.05) is 74.7 Å². The smallest absolute Gasteiger partial charge is 0.290 e. The predicted molar refractivity (Wildman–Crippen MR) is 103 cm³/mol. The van der Waals surface area contributed by atoms with E-state index in [0.29, 0.717) is 0 Å². The second-order valence-corrected chi connectivity index (χ2v) is 7.23. The Balaban J connectivity index is 1.87. The van der Waals surface area contributed by atoms with Gasteiger partial charge in [0.15, 0.2) is 6.79 Å². The first-order chi connectivity index (χ1) is 12.4. The van der Waals surface area contributed by atoms with E-state index < -0.39 is 10.1 Å². The third-order valence-corrected chi connectivity index (χ3v) is 3.95. The summed E-state index contributed by atoms with van der Waals surface area (Å²) in [4.78, 5) is 4.49. The van der Waals surface area contributed by atoms with Crippen molar-refractivity contribution in [1.29, 1.82) is 0 Å². The van der Waals surface area contributed by atoms with E-state index in [2.05, 4.69) is 14.5 Å². The molecule has 1 atom stereocenters. The summed E-state index contributed by atoms with van der Waals surface area (Å²) in [6.07, 6.45) is 4.72. The van der Waals surface area contributed by atoms with Crippen molar-refractivity contribution in [1.82, 2.24) is 0 Å². The largest absolute Gasteiger partial charge is 0.388 e. The van der Waals surface area contributed by atoms with Crippen LogP contribution in [0.2, 0.25) is 0 Å². The lowest BCUT2D eigenvalue weighted by Gasteiger charge is -2.12. The minimum atomic E-state index is -3.64. The monoisotopic (exact) mass is 377 g/mol. The van der Waals surface area contributed by atoms with Crippen molar-refractivity contribution in [2.24, 2.45) is 0 Å². The average Bonchev–Trinajstić information content (AvgIpc) is 2.63. The van der Waals surface area contributed by atoms with Gasteiger partial charge in [-0.05, 0) is 35.7 Å². The maximum atomic E-state index is 10.8. The number of nitrogens with one attached hydrogen (secondary N) is 1. The van der Waals surface area contributed by atoms with Gasteiger partial charge < -0.3 is 10.1 Å². The van der Waals surface area contributed by atoms with E-state index in [1.165, 1.54) is 0 Å². The SMILES string of the molecule is CNc1ccc(/C=C/c2ccc(C(C)OCOOS(C)(=O)=O)cc2)cc1. The molecule has 2 aromatic carbocycles. The summed E-state index contributed by atoms with van der Waals surface area (Å²) >= 11 is 0. The number of ether oxygens (including phenoxy) is 1. The molecule has 0 saturated heterocycles. The molecule has 0 aliphatic rings. The van der Waals surface area contributed by atoms with Gasteiger partial charge in [-0.15, -0.1) is 4.33 Å². The second kappa shape index (κ2) is 9.49. The van der Waals surface area contributed by atoms with Gasteiger partial charge in [0.05, 0.1) is 12.4 Å². The highest BCUT2D eigenvalue weighted by molar-refractivity contribution is 7.85. The highest BCUT2D eigenvalue weighted by atomic mass is 32.2. The van der Waals surface area contributed by atoms with Crippen LogP contribution in [-0.2, 0) is 24.1 Å². The molecule has 0 radical (unpaired) electrons. The van der Waals surface area contributed by atoms with Gasteiger partial charge in [-0.2, -0.15) is 13.3 Å². The summed E-state index contributed by atoms with van der Waals surface area (Å²) < 4.78 is 31.1. The van der Waals surface area contributed by atoms with E-state index in [0.717, 1.165) is 28.6 Å². The molecule has 2 rings (SSSR count). The zero-order valence-corrected chi connectivity index (χ0v) is 15.8. The number of hydrogen-bond acceptors (Lipinski definition) is 6. The minimum Gasteiger partial charge on any atom is -0.388 e. The zero-order valence-electron chi connectivity index (χ0n) is 15.0. The Hall–Kier alpha value is -2.19. The van der Waals surface area contributed by atoms with Crippen LogP contribution in [0, 0.1) is 0 Å². The first-order valence-electron chi connectivity index (χ1n) is 8.06. The highest BCUT2D eigenvalue weighted by Gasteiger charge is 2.07. The Morgan fingerprint density at radius 2 is 1.54 bits per heavy atom. The molecule has 0 fully saturated rings. The summed E-state index contributed by atoms with van der Waals surface area (Å²) in [6, 6.07) is 16.0. The molecule has 6 nitrogen and oxygen atoms in total. The van der Waals surface area contributed by atoms with Crippen LogP contribution in [-0.4, -0.2) is 28.5 Å². The van der Waals surface area contributed by atoms with Crippen molar-refractivity contribution in [3.8, 4) is 0 Å². The van der Waals surface area contributed by atoms with Crippen LogP contribution in [0.5, 0.6) is 0 Å². The van der Waals surface area contributed by atoms with Crippen LogP contribution >= 0.6 is 0 Å². The minimum absolute atomic E-state index is 0.259. The molecule has 0 heterocycles. The third kappa shape index (κ3) is 6.97. The fourth-order valence-corrected chi connectivity index (χ4v) is 2.38.